The molecule has 0 saturated heterocycles. The van der Waals surface area contributed by atoms with Crippen LogP contribution >= 0.6 is 0 Å². The zero-order chi connectivity index (χ0) is 19.1. The molecule has 27 heavy (non-hydrogen) atoms. The van der Waals surface area contributed by atoms with Gasteiger partial charge in [-0.3, -0.25) is 4.79 Å². The number of benzene rings is 2. The van der Waals surface area contributed by atoms with Crippen LogP contribution in [0.2, 0.25) is 0 Å². The van der Waals surface area contributed by atoms with Crippen molar-refractivity contribution in [2.24, 2.45) is 0 Å². The van der Waals surface area contributed by atoms with Gasteiger partial charge in [-0.1, -0.05) is 18.2 Å². The molecule has 0 spiro atoms. The van der Waals surface area contributed by atoms with Gasteiger partial charge in [0.15, 0.2) is 0 Å². The van der Waals surface area contributed by atoms with Gasteiger partial charge in [-0.15, -0.1) is 0 Å². The van der Waals surface area contributed by atoms with Crippen LogP contribution < -0.4 is 15.4 Å². The number of rotatable bonds is 7. The van der Waals surface area contributed by atoms with Crippen LogP contribution in [0.3, 0.4) is 0 Å². The number of hydrogen-bond acceptors (Lipinski definition) is 5. The zero-order valence-electron chi connectivity index (χ0n) is 14.8. The number of anilines is 2. The highest BCUT2D eigenvalue weighted by molar-refractivity contribution is 5.92. The van der Waals surface area contributed by atoms with E-state index in [0.29, 0.717) is 24.3 Å². The fourth-order valence-corrected chi connectivity index (χ4v) is 2.43. The van der Waals surface area contributed by atoms with Gasteiger partial charge in [0.05, 0.1) is 19.5 Å². The van der Waals surface area contributed by atoms with Gasteiger partial charge in [-0.25, -0.2) is 14.4 Å². The summed E-state index contributed by atoms with van der Waals surface area (Å²) in [5.74, 6) is 0.646. The topological polar surface area (TPSA) is 76.1 Å². The molecule has 0 aliphatic heterocycles. The molecule has 6 nitrogen and oxygen atoms in total. The van der Waals surface area contributed by atoms with E-state index in [-0.39, 0.29) is 17.4 Å². The van der Waals surface area contributed by atoms with Crippen LogP contribution in [0.4, 0.5) is 15.9 Å². The molecule has 0 aliphatic carbocycles. The Hall–Kier alpha value is -3.48. The fourth-order valence-electron chi connectivity index (χ4n) is 2.43. The maximum atomic E-state index is 13.6. The SMILES string of the molecule is COc1ccc(Nc2cnc(C(=O)NCCc3ccccc3F)cn2)cc1. The molecule has 0 atom stereocenters. The van der Waals surface area contributed by atoms with Crippen LogP contribution in [-0.2, 0) is 6.42 Å². The number of carbonyl (C=O) groups is 1. The van der Waals surface area contributed by atoms with Crippen molar-refractivity contribution in [3.05, 3.63) is 78.0 Å². The van der Waals surface area contributed by atoms with Crippen LogP contribution in [0.15, 0.2) is 60.9 Å². The van der Waals surface area contributed by atoms with E-state index < -0.39 is 0 Å². The van der Waals surface area contributed by atoms with E-state index in [1.54, 1.807) is 25.3 Å². The molecular formula is C20H19FN4O2. The molecule has 1 aromatic heterocycles. The minimum Gasteiger partial charge on any atom is -0.497 e. The Balaban J connectivity index is 1.53. The quantitative estimate of drug-likeness (QED) is 0.671. The lowest BCUT2D eigenvalue weighted by Gasteiger charge is -2.08. The lowest BCUT2D eigenvalue weighted by atomic mass is 10.1. The Morgan fingerprint density at radius 2 is 1.85 bits per heavy atom. The van der Waals surface area contributed by atoms with Gasteiger partial charge in [0.1, 0.15) is 23.1 Å². The lowest BCUT2D eigenvalue weighted by molar-refractivity contribution is 0.0948. The normalized spacial score (nSPS) is 10.3. The van der Waals surface area contributed by atoms with Gasteiger partial charge >= 0.3 is 0 Å². The first kappa shape index (κ1) is 18.3. The second kappa shape index (κ2) is 8.75. The summed E-state index contributed by atoms with van der Waals surface area (Å²) in [6.07, 6.45) is 3.28. The molecule has 3 rings (SSSR count). The summed E-state index contributed by atoms with van der Waals surface area (Å²) >= 11 is 0. The van der Waals surface area contributed by atoms with Crippen LogP contribution in [0.1, 0.15) is 16.1 Å². The number of ether oxygens (including phenoxy) is 1. The summed E-state index contributed by atoms with van der Waals surface area (Å²) in [6.45, 7) is 0.313. The molecule has 0 saturated carbocycles. The van der Waals surface area contributed by atoms with Gasteiger partial charge < -0.3 is 15.4 Å². The molecule has 138 valence electrons. The summed E-state index contributed by atoms with van der Waals surface area (Å²) in [6, 6.07) is 13.8. The average molecular weight is 366 g/mol. The van der Waals surface area contributed by atoms with Crippen molar-refractivity contribution in [1.82, 2.24) is 15.3 Å². The van der Waals surface area contributed by atoms with Gasteiger partial charge in [0, 0.05) is 12.2 Å². The number of aromatic nitrogens is 2. The standard InChI is InChI=1S/C20H19FN4O2/c1-27-16-8-6-15(7-9-16)25-19-13-23-18(12-24-19)20(26)22-11-10-14-4-2-3-5-17(14)21/h2-9,12-13H,10-11H2,1H3,(H,22,26)(H,24,25). The predicted octanol–water partition coefficient (Wildman–Crippen LogP) is 3.34. The first-order valence-corrected chi connectivity index (χ1v) is 8.40. The monoisotopic (exact) mass is 366 g/mol. The third-order valence-electron chi connectivity index (χ3n) is 3.88. The molecule has 3 aromatic rings. The van der Waals surface area contributed by atoms with Gasteiger partial charge in [-0.05, 0) is 42.3 Å². The molecule has 2 N–H and O–H groups in total. The van der Waals surface area contributed by atoms with Crippen LogP contribution in [-0.4, -0.2) is 29.5 Å². The number of hydrogen-bond donors (Lipinski definition) is 2. The highest BCUT2D eigenvalue weighted by Gasteiger charge is 2.08. The van der Waals surface area contributed by atoms with E-state index in [9.17, 15) is 9.18 Å². The van der Waals surface area contributed by atoms with E-state index in [4.69, 9.17) is 4.74 Å². The molecule has 0 aliphatic rings. The lowest BCUT2D eigenvalue weighted by Crippen LogP contribution is -2.26. The van der Waals surface area contributed by atoms with Crippen molar-refractivity contribution in [2.75, 3.05) is 19.0 Å². The molecule has 7 heteroatoms. The highest BCUT2D eigenvalue weighted by Crippen LogP contribution is 2.18. The van der Waals surface area contributed by atoms with E-state index in [0.717, 1.165) is 11.4 Å². The predicted molar refractivity (Wildman–Crippen MR) is 101 cm³/mol. The highest BCUT2D eigenvalue weighted by atomic mass is 19.1. The number of nitrogens with one attached hydrogen (secondary N) is 2. The zero-order valence-corrected chi connectivity index (χ0v) is 14.8. The van der Waals surface area contributed by atoms with Crippen molar-refractivity contribution < 1.29 is 13.9 Å². The van der Waals surface area contributed by atoms with Crippen molar-refractivity contribution >= 4 is 17.4 Å². The van der Waals surface area contributed by atoms with Crippen molar-refractivity contribution in [3.63, 3.8) is 0 Å². The molecule has 1 heterocycles. The number of amides is 1. The molecule has 0 unspecified atom stereocenters. The van der Waals surface area contributed by atoms with E-state index in [1.807, 2.05) is 24.3 Å². The van der Waals surface area contributed by atoms with Crippen molar-refractivity contribution in [3.8, 4) is 5.75 Å². The Morgan fingerprint density at radius 3 is 2.52 bits per heavy atom. The minimum absolute atomic E-state index is 0.198. The first-order chi connectivity index (χ1) is 13.2. The number of halogens is 1. The van der Waals surface area contributed by atoms with E-state index in [2.05, 4.69) is 20.6 Å². The Bertz CT molecular complexity index is 899. The maximum absolute atomic E-state index is 13.6. The second-order valence-corrected chi connectivity index (χ2v) is 5.74. The molecule has 0 fully saturated rings. The summed E-state index contributed by atoms with van der Waals surface area (Å²) in [7, 11) is 1.61. The van der Waals surface area contributed by atoms with Gasteiger partial charge in [-0.2, -0.15) is 0 Å². The largest absolute Gasteiger partial charge is 0.497 e. The summed E-state index contributed by atoms with van der Waals surface area (Å²) < 4.78 is 18.7. The van der Waals surface area contributed by atoms with Crippen LogP contribution in [0, 0.1) is 5.82 Å². The molecule has 0 bridgehead atoms. The summed E-state index contributed by atoms with van der Waals surface area (Å²) in [4.78, 5) is 20.4. The van der Waals surface area contributed by atoms with E-state index in [1.165, 1.54) is 18.5 Å². The Morgan fingerprint density at radius 1 is 1.07 bits per heavy atom. The second-order valence-electron chi connectivity index (χ2n) is 5.74. The average Bonchev–Trinajstić information content (AvgIpc) is 2.70. The van der Waals surface area contributed by atoms with Crippen LogP contribution in [0.25, 0.3) is 0 Å². The number of carbonyl (C=O) groups excluding carboxylic acids is 1. The smallest absolute Gasteiger partial charge is 0.271 e. The number of methoxy groups -OCH3 is 1. The summed E-state index contributed by atoms with van der Waals surface area (Å²) in [5.41, 5.74) is 1.58. The fraction of sp³-hybridized carbons (Fsp3) is 0.150. The van der Waals surface area contributed by atoms with E-state index >= 15 is 0 Å². The van der Waals surface area contributed by atoms with Gasteiger partial charge in [0.25, 0.3) is 5.91 Å². The van der Waals surface area contributed by atoms with Gasteiger partial charge in [0.2, 0.25) is 0 Å². The molecule has 1 amide bonds. The van der Waals surface area contributed by atoms with Crippen molar-refractivity contribution in [1.29, 1.82) is 0 Å². The third-order valence-corrected chi connectivity index (χ3v) is 3.88. The Labute approximate surface area is 156 Å². The Kier molecular flexibility index (Phi) is 5.94. The molecular weight excluding hydrogens is 347 g/mol. The van der Waals surface area contributed by atoms with Crippen molar-refractivity contribution in [2.45, 2.75) is 6.42 Å². The third kappa shape index (κ3) is 5.01. The maximum Gasteiger partial charge on any atom is 0.271 e. The number of nitrogens with zero attached hydrogens (tertiary/aromatic N) is 2. The van der Waals surface area contributed by atoms with Crippen LogP contribution in [0.5, 0.6) is 5.75 Å². The minimum atomic E-state index is -0.352. The first-order valence-electron chi connectivity index (χ1n) is 8.40. The molecule has 2 aromatic carbocycles. The summed E-state index contributed by atoms with van der Waals surface area (Å²) in [5, 5.41) is 5.80. The molecule has 0 radical (unpaired) electrons.